The highest BCUT2D eigenvalue weighted by atomic mass is 35.5. The predicted molar refractivity (Wildman–Crippen MR) is 73.4 cm³/mol. The fourth-order valence-corrected chi connectivity index (χ4v) is 2.59. The molecule has 0 amide bonds. The molecule has 1 heterocycles. The molecule has 1 N–H and O–H groups in total. The molecule has 1 fully saturated rings. The lowest BCUT2D eigenvalue weighted by molar-refractivity contribution is 0.198. The zero-order valence-electron chi connectivity index (χ0n) is 10.8. The summed E-state index contributed by atoms with van der Waals surface area (Å²) < 4.78 is 13.6. The molecule has 2 rings (SSSR count). The molecule has 0 bridgehead atoms. The molecule has 1 saturated heterocycles. The molecule has 0 spiro atoms. The Morgan fingerprint density at radius 3 is 3.06 bits per heavy atom. The molecule has 1 aromatic rings. The Kier molecular flexibility index (Phi) is 4.98. The van der Waals surface area contributed by atoms with Gasteiger partial charge < -0.3 is 10.2 Å². The Morgan fingerprint density at radius 2 is 2.33 bits per heavy atom. The zero-order chi connectivity index (χ0) is 13.0. The molecule has 1 atom stereocenters. The molecule has 1 aliphatic heterocycles. The summed E-state index contributed by atoms with van der Waals surface area (Å²) in [6.07, 6.45) is 2.39. The minimum Gasteiger partial charge on any atom is -0.309 e. The van der Waals surface area contributed by atoms with Crippen LogP contribution in [0, 0.1) is 5.82 Å². The van der Waals surface area contributed by atoms with Crippen LogP contribution in [-0.2, 0) is 6.54 Å². The number of piperidine rings is 1. The van der Waals surface area contributed by atoms with Crippen LogP contribution in [0.5, 0.6) is 0 Å². The number of likely N-dealkylation sites (N-methyl/N-ethyl adjacent to an activating group) is 1. The lowest BCUT2D eigenvalue weighted by Gasteiger charge is -2.32. The average molecular weight is 271 g/mol. The minimum atomic E-state index is -0.224. The van der Waals surface area contributed by atoms with Crippen molar-refractivity contribution in [3.8, 4) is 0 Å². The van der Waals surface area contributed by atoms with Gasteiger partial charge in [0.2, 0.25) is 0 Å². The van der Waals surface area contributed by atoms with Crippen LogP contribution in [0.25, 0.3) is 0 Å². The standard InChI is InChI=1S/C14H20ClFN2/c1-2-18-7-3-4-13(10-18)17-9-11-5-6-12(15)8-14(11)16/h5-6,8,13,17H,2-4,7,9-10H2,1H3. The Labute approximate surface area is 113 Å². The van der Waals surface area contributed by atoms with E-state index in [1.807, 2.05) is 0 Å². The SMILES string of the molecule is CCN1CCCC(NCc2ccc(Cl)cc2F)C1. The molecule has 0 aromatic heterocycles. The Hall–Kier alpha value is -0.640. The average Bonchev–Trinajstić information content (AvgIpc) is 2.38. The molecule has 1 aliphatic rings. The van der Waals surface area contributed by atoms with E-state index < -0.39 is 0 Å². The van der Waals surface area contributed by atoms with Crippen molar-refractivity contribution in [1.29, 1.82) is 0 Å². The Bertz CT molecular complexity index is 397. The Balaban J connectivity index is 1.87. The molecule has 4 heteroatoms. The van der Waals surface area contributed by atoms with Gasteiger partial charge in [0.05, 0.1) is 0 Å². The number of hydrogen-bond donors (Lipinski definition) is 1. The summed E-state index contributed by atoms with van der Waals surface area (Å²) in [4.78, 5) is 2.43. The van der Waals surface area contributed by atoms with Gasteiger partial charge in [-0.2, -0.15) is 0 Å². The zero-order valence-corrected chi connectivity index (χ0v) is 11.5. The van der Waals surface area contributed by atoms with Crippen LogP contribution >= 0.6 is 11.6 Å². The summed E-state index contributed by atoms with van der Waals surface area (Å²) in [5, 5.41) is 3.89. The highest BCUT2D eigenvalue weighted by Gasteiger charge is 2.18. The topological polar surface area (TPSA) is 15.3 Å². The van der Waals surface area contributed by atoms with E-state index >= 15 is 0 Å². The number of benzene rings is 1. The van der Waals surface area contributed by atoms with Crippen molar-refractivity contribution in [2.24, 2.45) is 0 Å². The van der Waals surface area contributed by atoms with Gasteiger partial charge in [0.25, 0.3) is 0 Å². The lowest BCUT2D eigenvalue weighted by atomic mass is 10.1. The van der Waals surface area contributed by atoms with E-state index in [-0.39, 0.29) is 5.82 Å². The normalized spacial score (nSPS) is 21.2. The molecule has 0 radical (unpaired) electrons. The summed E-state index contributed by atoms with van der Waals surface area (Å²) in [6.45, 7) is 6.09. The van der Waals surface area contributed by atoms with Gasteiger partial charge in [-0.1, -0.05) is 24.6 Å². The van der Waals surface area contributed by atoms with Crippen LogP contribution in [-0.4, -0.2) is 30.6 Å². The maximum atomic E-state index is 13.6. The van der Waals surface area contributed by atoms with E-state index in [2.05, 4.69) is 17.1 Å². The molecule has 1 unspecified atom stereocenters. The monoisotopic (exact) mass is 270 g/mol. The summed E-state index contributed by atoms with van der Waals surface area (Å²) in [5.41, 5.74) is 0.688. The minimum absolute atomic E-state index is 0.224. The first-order chi connectivity index (χ1) is 8.69. The number of rotatable bonds is 4. The second-order valence-electron chi connectivity index (χ2n) is 4.85. The van der Waals surface area contributed by atoms with Gasteiger partial charge in [-0.25, -0.2) is 4.39 Å². The third kappa shape index (κ3) is 3.67. The van der Waals surface area contributed by atoms with Gasteiger partial charge in [-0.05, 0) is 38.1 Å². The van der Waals surface area contributed by atoms with Gasteiger partial charge in [0, 0.05) is 29.7 Å². The second kappa shape index (κ2) is 6.50. The summed E-state index contributed by atoms with van der Waals surface area (Å²) in [6, 6.07) is 5.33. The first kappa shape index (κ1) is 13.8. The number of hydrogen-bond acceptors (Lipinski definition) is 2. The quantitative estimate of drug-likeness (QED) is 0.905. The third-order valence-corrected chi connectivity index (χ3v) is 3.78. The largest absolute Gasteiger partial charge is 0.309 e. The van der Waals surface area contributed by atoms with Crippen LogP contribution in [0.3, 0.4) is 0 Å². The first-order valence-corrected chi connectivity index (χ1v) is 6.96. The number of halogens is 2. The van der Waals surface area contributed by atoms with Gasteiger partial charge in [-0.15, -0.1) is 0 Å². The van der Waals surface area contributed by atoms with Crippen molar-refractivity contribution in [2.75, 3.05) is 19.6 Å². The van der Waals surface area contributed by atoms with Crippen molar-refractivity contribution in [3.63, 3.8) is 0 Å². The lowest BCUT2D eigenvalue weighted by Crippen LogP contribution is -2.45. The number of nitrogens with one attached hydrogen (secondary N) is 1. The molecule has 2 nitrogen and oxygen atoms in total. The van der Waals surface area contributed by atoms with E-state index in [0.29, 0.717) is 23.2 Å². The van der Waals surface area contributed by atoms with Gasteiger partial charge in [0.15, 0.2) is 0 Å². The summed E-state index contributed by atoms with van der Waals surface area (Å²) in [5.74, 6) is -0.224. The maximum Gasteiger partial charge on any atom is 0.129 e. The molecule has 1 aromatic carbocycles. The van der Waals surface area contributed by atoms with Crippen molar-refractivity contribution >= 4 is 11.6 Å². The first-order valence-electron chi connectivity index (χ1n) is 6.58. The van der Waals surface area contributed by atoms with Crippen LogP contribution < -0.4 is 5.32 Å². The van der Waals surface area contributed by atoms with Crippen molar-refractivity contribution in [2.45, 2.75) is 32.4 Å². The summed E-state index contributed by atoms with van der Waals surface area (Å²) >= 11 is 5.74. The van der Waals surface area contributed by atoms with Gasteiger partial charge in [-0.3, -0.25) is 0 Å². The maximum absolute atomic E-state index is 13.6. The van der Waals surface area contributed by atoms with E-state index in [0.717, 1.165) is 13.1 Å². The van der Waals surface area contributed by atoms with Crippen LogP contribution in [0.1, 0.15) is 25.3 Å². The molecular weight excluding hydrogens is 251 g/mol. The fourth-order valence-electron chi connectivity index (χ4n) is 2.43. The van der Waals surface area contributed by atoms with Crippen molar-refractivity contribution in [1.82, 2.24) is 10.2 Å². The molecule has 18 heavy (non-hydrogen) atoms. The summed E-state index contributed by atoms with van der Waals surface area (Å²) in [7, 11) is 0. The second-order valence-corrected chi connectivity index (χ2v) is 5.29. The van der Waals surface area contributed by atoms with Crippen molar-refractivity contribution in [3.05, 3.63) is 34.6 Å². The predicted octanol–water partition coefficient (Wildman–Crippen LogP) is 3.05. The molecule has 0 saturated carbocycles. The fraction of sp³-hybridized carbons (Fsp3) is 0.571. The van der Waals surface area contributed by atoms with E-state index in [1.54, 1.807) is 12.1 Å². The van der Waals surface area contributed by atoms with Crippen molar-refractivity contribution < 1.29 is 4.39 Å². The smallest absolute Gasteiger partial charge is 0.129 e. The third-order valence-electron chi connectivity index (χ3n) is 3.55. The van der Waals surface area contributed by atoms with Crippen LogP contribution in [0.2, 0.25) is 5.02 Å². The van der Waals surface area contributed by atoms with Gasteiger partial charge >= 0.3 is 0 Å². The Morgan fingerprint density at radius 1 is 1.50 bits per heavy atom. The molecular formula is C14H20ClFN2. The van der Waals surface area contributed by atoms with Gasteiger partial charge in [0.1, 0.15) is 5.82 Å². The highest BCUT2D eigenvalue weighted by Crippen LogP contribution is 2.15. The number of likely N-dealkylation sites (tertiary alicyclic amines) is 1. The number of nitrogens with zero attached hydrogens (tertiary/aromatic N) is 1. The van der Waals surface area contributed by atoms with E-state index in [4.69, 9.17) is 11.6 Å². The molecule has 100 valence electrons. The highest BCUT2D eigenvalue weighted by molar-refractivity contribution is 6.30. The van der Waals surface area contributed by atoms with Crippen LogP contribution in [0.15, 0.2) is 18.2 Å². The van der Waals surface area contributed by atoms with E-state index in [1.165, 1.54) is 25.5 Å². The van der Waals surface area contributed by atoms with Crippen LogP contribution in [0.4, 0.5) is 4.39 Å². The van der Waals surface area contributed by atoms with E-state index in [9.17, 15) is 4.39 Å². The molecule has 0 aliphatic carbocycles.